The lowest BCUT2D eigenvalue weighted by Gasteiger charge is -2.36. The molecule has 2 atom stereocenters. The van der Waals surface area contributed by atoms with E-state index in [2.05, 4.69) is 4.90 Å². The predicted octanol–water partition coefficient (Wildman–Crippen LogP) is 0.786. The molecule has 5 heteroatoms. The van der Waals surface area contributed by atoms with Gasteiger partial charge < -0.3 is 8.98 Å². The van der Waals surface area contributed by atoms with Gasteiger partial charge in [-0.15, -0.1) is 0 Å². The summed E-state index contributed by atoms with van der Waals surface area (Å²) in [5.74, 6) is 0. The number of rotatable bonds is 4. The minimum Gasteiger partial charge on any atom is -0.327 e. The highest BCUT2D eigenvalue weighted by atomic mass is 32.2. The highest BCUT2D eigenvalue weighted by Crippen LogP contribution is 2.20. The molecule has 2 unspecified atom stereocenters. The fourth-order valence-electron chi connectivity index (χ4n) is 1.72. The molecule has 1 aliphatic heterocycles. The van der Waals surface area contributed by atoms with Crippen LogP contribution in [0.3, 0.4) is 0 Å². The Morgan fingerprint density at radius 1 is 1.69 bits per heavy atom. The van der Waals surface area contributed by atoms with Crippen molar-refractivity contribution in [2.45, 2.75) is 31.3 Å². The van der Waals surface area contributed by atoms with Crippen molar-refractivity contribution in [3.8, 4) is 0 Å². The molecular weight excluding hydrogens is 185 g/mol. The van der Waals surface area contributed by atoms with Gasteiger partial charge in [0, 0.05) is 6.04 Å². The van der Waals surface area contributed by atoms with E-state index in [1.807, 2.05) is 7.05 Å². The molecule has 3 nitrogen and oxygen atoms in total. The Hall–Kier alpha value is 0.00494. The van der Waals surface area contributed by atoms with E-state index >= 15 is 0 Å². The Balaban J connectivity index is 2.39. The second-order valence-corrected chi connectivity index (χ2v) is 3.76. The molecule has 13 heavy (non-hydrogen) atoms. The fourth-order valence-corrected chi connectivity index (χ4v) is 1.96. The number of piperidine rings is 1. The topological polar surface area (TPSA) is 29.5 Å². The number of aldehydes is 1. The molecular formula is C8H14BNO2S. The van der Waals surface area contributed by atoms with E-state index in [-0.39, 0.29) is 6.04 Å². The van der Waals surface area contributed by atoms with Gasteiger partial charge >= 0.3 is 0 Å². The van der Waals surface area contributed by atoms with Crippen LogP contribution in [0.25, 0.3) is 0 Å². The molecule has 0 bridgehead atoms. The summed E-state index contributed by atoms with van der Waals surface area (Å²) >= 11 is 0.891. The van der Waals surface area contributed by atoms with Crippen LogP contribution in [0.4, 0.5) is 0 Å². The van der Waals surface area contributed by atoms with Crippen LogP contribution in [0.5, 0.6) is 0 Å². The first-order chi connectivity index (χ1) is 6.29. The molecule has 0 aromatic carbocycles. The molecule has 72 valence electrons. The van der Waals surface area contributed by atoms with Gasteiger partial charge in [-0.25, -0.2) is 0 Å². The van der Waals surface area contributed by atoms with E-state index in [4.69, 9.17) is 11.3 Å². The maximum absolute atomic E-state index is 10.7. The van der Waals surface area contributed by atoms with E-state index in [0.29, 0.717) is 12.6 Å². The summed E-state index contributed by atoms with van der Waals surface area (Å²) in [6.45, 7) is 0.599. The smallest absolute Gasteiger partial charge is 0.203 e. The fraction of sp³-hybridized carbons (Fsp3) is 0.875. The zero-order valence-corrected chi connectivity index (χ0v) is 8.63. The first-order valence-corrected chi connectivity index (χ1v) is 5.25. The Morgan fingerprint density at radius 2 is 2.46 bits per heavy atom. The van der Waals surface area contributed by atoms with Crippen molar-refractivity contribution >= 4 is 25.3 Å². The molecule has 2 radical (unpaired) electrons. The van der Waals surface area contributed by atoms with E-state index in [0.717, 1.165) is 37.4 Å². The van der Waals surface area contributed by atoms with Crippen LogP contribution >= 0.6 is 11.9 Å². The number of likely N-dealkylation sites (tertiary alicyclic amines) is 1. The van der Waals surface area contributed by atoms with Gasteiger partial charge in [0.05, 0.1) is 12.6 Å². The molecule has 0 N–H and O–H groups in total. The number of hydrogen-bond donors (Lipinski definition) is 0. The second kappa shape index (κ2) is 5.68. The largest absolute Gasteiger partial charge is 0.327 e. The molecule has 0 spiro atoms. The molecule has 1 saturated heterocycles. The Labute approximate surface area is 84.7 Å². The van der Waals surface area contributed by atoms with Crippen LogP contribution in [-0.2, 0) is 8.98 Å². The Bertz CT molecular complexity index is 170. The van der Waals surface area contributed by atoms with Crippen LogP contribution in [0.2, 0.25) is 0 Å². The predicted molar refractivity (Wildman–Crippen MR) is 54.6 cm³/mol. The van der Waals surface area contributed by atoms with Gasteiger partial charge in [-0.05, 0) is 26.3 Å². The van der Waals surface area contributed by atoms with E-state index in [1.54, 1.807) is 0 Å². The van der Waals surface area contributed by atoms with Gasteiger partial charge in [0.25, 0.3) is 0 Å². The minimum absolute atomic E-state index is 0.0603. The van der Waals surface area contributed by atoms with E-state index in [1.165, 1.54) is 0 Å². The standard InChI is InChI=1S/C8H14BNO2S/c1-10-7(5-11)3-2-4-8(10)6-12-13-9/h5,7-8H,2-4,6H2,1H3. The average molecular weight is 199 g/mol. The summed E-state index contributed by atoms with van der Waals surface area (Å²) in [6.07, 6.45) is 4.16. The second-order valence-electron chi connectivity index (χ2n) is 3.33. The van der Waals surface area contributed by atoms with Gasteiger partial charge in [0.2, 0.25) is 7.12 Å². The zero-order chi connectivity index (χ0) is 9.68. The first kappa shape index (κ1) is 11.1. The molecule has 0 amide bonds. The number of nitrogens with zero attached hydrogens (tertiary/aromatic N) is 1. The minimum atomic E-state index is 0.0603. The van der Waals surface area contributed by atoms with Crippen LogP contribution in [0.15, 0.2) is 0 Å². The van der Waals surface area contributed by atoms with Crippen LogP contribution in [0, 0.1) is 0 Å². The Kier molecular flexibility index (Phi) is 4.84. The monoisotopic (exact) mass is 199 g/mol. The lowest BCUT2D eigenvalue weighted by Crippen LogP contribution is -2.46. The molecule has 0 aromatic heterocycles. The van der Waals surface area contributed by atoms with Gasteiger partial charge in [-0.3, -0.25) is 4.90 Å². The van der Waals surface area contributed by atoms with Crippen LogP contribution in [0.1, 0.15) is 19.3 Å². The maximum Gasteiger partial charge on any atom is 0.203 e. The van der Waals surface area contributed by atoms with Crippen LogP contribution in [-0.4, -0.2) is 44.0 Å². The summed E-state index contributed by atoms with van der Waals surface area (Å²) in [7, 11) is 7.13. The highest BCUT2D eigenvalue weighted by molar-refractivity contribution is 8.15. The summed E-state index contributed by atoms with van der Waals surface area (Å²) in [5, 5.41) is 0. The average Bonchev–Trinajstić information content (AvgIpc) is 2.16. The molecule has 0 aliphatic carbocycles. The van der Waals surface area contributed by atoms with Crippen molar-refractivity contribution in [2.75, 3.05) is 13.7 Å². The zero-order valence-electron chi connectivity index (χ0n) is 7.81. The quantitative estimate of drug-likeness (QED) is 0.380. The molecule has 1 fully saturated rings. The Morgan fingerprint density at radius 3 is 3.08 bits per heavy atom. The van der Waals surface area contributed by atoms with Crippen molar-refractivity contribution in [3.63, 3.8) is 0 Å². The molecule has 1 rings (SSSR count). The summed E-state index contributed by atoms with van der Waals surface area (Å²) in [4.78, 5) is 12.8. The van der Waals surface area contributed by atoms with Crippen molar-refractivity contribution in [3.05, 3.63) is 0 Å². The van der Waals surface area contributed by atoms with Crippen molar-refractivity contribution in [1.82, 2.24) is 4.90 Å². The van der Waals surface area contributed by atoms with E-state index < -0.39 is 0 Å². The third-order valence-electron chi connectivity index (χ3n) is 2.62. The summed E-state index contributed by atoms with van der Waals surface area (Å²) in [6, 6.07) is 0.394. The van der Waals surface area contributed by atoms with Gasteiger partial charge in [0.15, 0.2) is 0 Å². The number of carbonyl (C=O) groups is 1. The molecule has 0 aromatic rings. The number of likely N-dealkylation sites (N-methyl/N-ethyl adjacent to an activating group) is 1. The maximum atomic E-state index is 10.7. The third-order valence-corrected chi connectivity index (χ3v) is 2.89. The summed E-state index contributed by atoms with van der Waals surface area (Å²) in [5.41, 5.74) is 0. The van der Waals surface area contributed by atoms with Crippen molar-refractivity contribution in [2.24, 2.45) is 0 Å². The van der Waals surface area contributed by atoms with Crippen molar-refractivity contribution in [1.29, 1.82) is 0 Å². The van der Waals surface area contributed by atoms with Crippen LogP contribution < -0.4 is 0 Å². The molecule has 1 heterocycles. The molecule has 0 saturated carbocycles. The lowest BCUT2D eigenvalue weighted by atomic mass is 9.98. The normalized spacial score (nSPS) is 30.2. The molecule has 1 aliphatic rings. The van der Waals surface area contributed by atoms with Crippen molar-refractivity contribution < 1.29 is 8.98 Å². The van der Waals surface area contributed by atoms with Gasteiger partial charge in [-0.2, -0.15) is 0 Å². The van der Waals surface area contributed by atoms with Gasteiger partial charge in [0.1, 0.15) is 6.29 Å². The number of carbonyl (C=O) groups excluding carboxylic acids is 1. The lowest BCUT2D eigenvalue weighted by molar-refractivity contribution is -0.114. The van der Waals surface area contributed by atoms with E-state index in [9.17, 15) is 4.79 Å². The SMILES string of the molecule is [B]SOCC1CCCC(C=O)N1C. The number of hydrogen-bond acceptors (Lipinski definition) is 4. The first-order valence-electron chi connectivity index (χ1n) is 4.45. The third kappa shape index (κ3) is 3.00. The highest BCUT2D eigenvalue weighted by Gasteiger charge is 2.26. The summed E-state index contributed by atoms with van der Waals surface area (Å²) < 4.78 is 5.07. The van der Waals surface area contributed by atoms with Gasteiger partial charge in [-0.1, -0.05) is 11.9 Å².